The van der Waals surface area contributed by atoms with Crippen LogP contribution < -0.4 is 10.6 Å². The maximum atomic E-state index is 14.5. The van der Waals surface area contributed by atoms with Crippen LogP contribution in [0.2, 0.25) is 0 Å². The van der Waals surface area contributed by atoms with E-state index in [4.69, 9.17) is 9.47 Å². The van der Waals surface area contributed by atoms with E-state index in [1.165, 1.54) is 0 Å². The third-order valence-corrected chi connectivity index (χ3v) is 7.25. The highest BCUT2D eigenvalue weighted by Crippen LogP contribution is 2.35. The van der Waals surface area contributed by atoms with Gasteiger partial charge in [0.1, 0.15) is 17.7 Å². The smallest absolute Gasteiger partial charge is 0.408 e. The van der Waals surface area contributed by atoms with E-state index in [1.54, 1.807) is 44.4 Å². The Hall–Kier alpha value is -2.75. The molecule has 0 saturated heterocycles. The molecule has 226 valence electrons. The number of hydrogen-bond donors (Lipinski definition) is 2. The zero-order valence-corrected chi connectivity index (χ0v) is 26.8. The highest BCUT2D eigenvalue weighted by atomic mass is 32.2. The average Bonchev–Trinajstić information content (AvgIpc) is 2.84. The second kappa shape index (κ2) is 15.9. The number of amides is 3. The first-order valence-corrected chi connectivity index (χ1v) is 15.3. The van der Waals surface area contributed by atoms with Gasteiger partial charge < -0.3 is 25.0 Å². The molecule has 1 aromatic rings. The number of alkyl carbamates (subject to hydrolysis) is 1. The van der Waals surface area contributed by atoms with Gasteiger partial charge in [-0.25, -0.2) is 4.79 Å². The minimum absolute atomic E-state index is 0.0146. The quantitative estimate of drug-likeness (QED) is 0.296. The zero-order valence-electron chi connectivity index (χ0n) is 25.9. The second-order valence-electron chi connectivity index (χ2n) is 11.4. The van der Waals surface area contributed by atoms with Crippen molar-refractivity contribution in [3.05, 3.63) is 34.9 Å². The molecule has 1 aromatic carbocycles. The molecular formula is C30H49N3O6S. The minimum Gasteiger partial charge on any atom is -0.466 e. The fourth-order valence-electron chi connectivity index (χ4n) is 4.31. The predicted molar refractivity (Wildman–Crippen MR) is 160 cm³/mol. The van der Waals surface area contributed by atoms with Gasteiger partial charge in [0.05, 0.1) is 13.0 Å². The van der Waals surface area contributed by atoms with E-state index < -0.39 is 41.2 Å². The highest BCUT2D eigenvalue weighted by molar-refractivity contribution is 7.98. The van der Waals surface area contributed by atoms with E-state index in [0.29, 0.717) is 24.2 Å². The minimum atomic E-state index is -0.997. The lowest BCUT2D eigenvalue weighted by molar-refractivity contribution is -0.149. The van der Waals surface area contributed by atoms with Gasteiger partial charge in [0.25, 0.3) is 0 Å². The molecule has 0 fully saturated rings. The number of thioether (sulfide) groups is 1. The van der Waals surface area contributed by atoms with Crippen molar-refractivity contribution in [1.29, 1.82) is 0 Å². The summed E-state index contributed by atoms with van der Waals surface area (Å²) in [5.74, 6) is -0.573. The van der Waals surface area contributed by atoms with Crippen molar-refractivity contribution in [3.8, 4) is 0 Å². The number of hydrogen-bond acceptors (Lipinski definition) is 7. The van der Waals surface area contributed by atoms with Gasteiger partial charge in [0.2, 0.25) is 11.8 Å². The summed E-state index contributed by atoms with van der Waals surface area (Å²) in [6.07, 6.45) is 2.17. The van der Waals surface area contributed by atoms with E-state index in [1.807, 2.05) is 59.1 Å². The monoisotopic (exact) mass is 579 g/mol. The van der Waals surface area contributed by atoms with Crippen LogP contribution >= 0.6 is 11.8 Å². The van der Waals surface area contributed by atoms with Crippen LogP contribution in [0.15, 0.2) is 18.2 Å². The zero-order chi connectivity index (χ0) is 30.7. The van der Waals surface area contributed by atoms with E-state index in [0.717, 1.165) is 11.1 Å². The Morgan fingerprint density at radius 2 is 1.62 bits per heavy atom. The van der Waals surface area contributed by atoms with Crippen molar-refractivity contribution < 1.29 is 28.7 Å². The molecule has 9 nitrogen and oxygen atoms in total. The summed E-state index contributed by atoms with van der Waals surface area (Å²) >= 11 is 1.56. The number of aryl methyl sites for hydroxylation is 2. The molecule has 0 aliphatic carbocycles. The Morgan fingerprint density at radius 3 is 2.12 bits per heavy atom. The number of carbonyl (C=O) groups is 4. The first-order chi connectivity index (χ1) is 18.6. The van der Waals surface area contributed by atoms with Crippen molar-refractivity contribution in [3.63, 3.8) is 0 Å². The first-order valence-electron chi connectivity index (χ1n) is 13.9. The number of esters is 1. The second-order valence-corrected chi connectivity index (χ2v) is 12.4. The molecule has 0 aliphatic rings. The van der Waals surface area contributed by atoms with Gasteiger partial charge in [-0.15, -0.1) is 0 Å². The van der Waals surface area contributed by atoms with Gasteiger partial charge >= 0.3 is 12.1 Å². The van der Waals surface area contributed by atoms with Crippen LogP contribution in [0, 0.1) is 13.8 Å². The van der Waals surface area contributed by atoms with Crippen molar-refractivity contribution in [2.45, 2.75) is 105 Å². The molecular weight excluding hydrogens is 530 g/mol. The molecule has 1 rings (SSSR count). The molecule has 0 radical (unpaired) electrons. The Labute approximate surface area is 244 Å². The lowest BCUT2D eigenvalue weighted by Gasteiger charge is -2.45. The Balaban J connectivity index is 3.64. The van der Waals surface area contributed by atoms with Gasteiger partial charge in [0.15, 0.2) is 0 Å². The number of benzene rings is 1. The number of carbonyl (C=O) groups excluding carboxylic acids is 4. The first kappa shape index (κ1) is 35.3. The summed E-state index contributed by atoms with van der Waals surface area (Å²) in [6, 6.07) is 3.82. The third-order valence-electron chi connectivity index (χ3n) is 6.61. The standard InChI is InChI=1S/C30H49N3O6S/c1-11-30(8,9)33(27(36)22(17-19-40-10)32-28(37)39-29(5,6)7)25(24-20(3)14-13-15-21(24)4)26(35)31-18-16-23(34)38-12-2/h13-15,22,25H,11-12,16-19H2,1-10H3,(H,31,35)(H,32,37). The number of ether oxygens (including phenoxy) is 2. The molecule has 2 unspecified atom stereocenters. The molecule has 40 heavy (non-hydrogen) atoms. The SMILES string of the molecule is CCOC(=O)CCNC(=O)C(c1c(C)cccc1C)N(C(=O)C(CCSC)NC(=O)OC(C)(C)C)C(C)(C)CC. The van der Waals surface area contributed by atoms with Gasteiger partial charge in [-0.2, -0.15) is 11.8 Å². The van der Waals surface area contributed by atoms with E-state index in [2.05, 4.69) is 10.6 Å². The molecule has 0 bridgehead atoms. The van der Waals surface area contributed by atoms with Crippen LogP contribution in [0.4, 0.5) is 4.79 Å². The molecule has 3 amide bonds. The van der Waals surface area contributed by atoms with Crippen LogP contribution in [0.3, 0.4) is 0 Å². The fraction of sp³-hybridized carbons (Fsp3) is 0.667. The average molecular weight is 580 g/mol. The molecule has 2 atom stereocenters. The molecule has 2 N–H and O–H groups in total. The van der Waals surface area contributed by atoms with E-state index in [9.17, 15) is 19.2 Å². The van der Waals surface area contributed by atoms with E-state index >= 15 is 0 Å². The van der Waals surface area contributed by atoms with Crippen LogP contribution in [-0.2, 0) is 23.9 Å². The Kier molecular flexibility index (Phi) is 14.0. The maximum Gasteiger partial charge on any atom is 0.408 e. The highest BCUT2D eigenvalue weighted by Gasteiger charge is 2.43. The number of nitrogens with zero attached hydrogens (tertiary/aromatic N) is 1. The van der Waals surface area contributed by atoms with Crippen molar-refractivity contribution in [2.75, 3.05) is 25.2 Å². The number of rotatable bonds is 14. The van der Waals surface area contributed by atoms with Gasteiger partial charge in [-0.05, 0) is 96.9 Å². The normalized spacial score (nSPS) is 13.2. The van der Waals surface area contributed by atoms with Crippen LogP contribution in [0.5, 0.6) is 0 Å². The molecule has 0 spiro atoms. The number of nitrogens with one attached hydrogen (secondary N) is 2. The molecule has 0 aromatic heterocycles. The molecule has 10 heteroatoms. The summed E-state index contributed by atoms with van der Waals surface area (Å²) < 4.78 is 10.5. The maximum absolute atomic E-state index is 14.5. The Bertz CT molecular complexity index is 1000. The molecule has 0 heterocycles. The van der Waals surface area contributed by atoms with Crippen LogP contribution in [0.25, 0.3) is 0 Å². The summed E-state index contributed by atoms with van der Waals surface area (Å²) in [5, 5.41) is 5.63. The van der Waals surface area contributed by atoms with Gasteiger partial charge in [-0.1, -0.05) is 25.1 Å². The topological polar surface area (TPSA) is 114 Å². The van der Waals surface area contributed by atoms with Crippen molar-refractivity contribution >= 4 is 35.6 Å². The molecule has 0 saturated carbocycles. The predicted octanol–water partition coefficient (Wildman–Crippen LogP) is 5.08. The van der Waals surface area contributed by atoms with Crippen LogP contribution in [0.1, 0.15) is 90.5 Å². The third kappa shape index (κ3) is 10.7. The molecule has 0 aliphatic heterocycles. The van der Waals surface area contributed by atoms with Gasteiger partial charge in [0, 0.05) is 12.1 Å². The van der Waals surface area contributed by atoms with Crippen molar-refractivity contribution in [1.82, 2.24) is 15.5 Å². The summed E-state index contributed by atoms with van der Waals surface area (Å²) in [4.78, 5) is 54.7. The Morgan fingerprint density at radius 1 is 1.02 bits per heavy atom. The lowest BCUT2D eigenvalue weighted by Crippen LogP contribution is -2.59. The summed E-state index contributed by atoms with van der Waals surface area (Å²) in [6.45, 7) is 16.9. The van der Waals surface area contributed by atoms with Gasteiger partial charge in [-0.3, -0.25) is 14.4 Å². The van der Waals surface area contributed by atoms with Crippen LogP contribution in [-0.4, -0.2) is 71.1 Å². The summed E-state index contributed by atoms with van der Waals surface area (Å²) in [5.41, 5.74) is 0.931. The fourth-order valence-corrected chi connectivity index (χ4v) is 4.78. The summed E-state index contributed by atoms with van der Waals surface area (Å²) in [7, 11) is 0. The van der Waals surface area contributed by atoms with Crippen molar-refractivity contribution in [2.24, 2.45) is 0 Å². The van der Waals surface area contributed by atoms with E-state index in [-0.39, 0.29) is 25.5 Å². The lowest BCUT2D eigenvalue weighted by atomic mass is 9.88. The largest absolute Gasteiger partial charge is 0.466 e.